The van der Waals surface area contributed by atoms with Crippen LogP contribution in [0.3, 0.4) is 0 Å². The summed E-state index contributed by atoms with van der Waals surface area (Å²) in [4.78, 5) is 12.9. The van der Waals surface area contributed by atoms with Crippen molar-refractivity contribution in [3.8, 4) is 0 Å². The molecule has 13 heavy (non-hydrogen) atoms. The first-order chi connectivity index (χ1) is 6.18. The maximum atomic E-state index is 11.1. The quantitative estimate of drug-likeness (QED) is 0.698. The molecule has 0 unspecified atom stereocenters. The van der Waals surface area contributed by atoms with Crippen molar-refractivity contribution in [2.45, 2.75) is 19.9 Å². The van der Waals surface area contributed by atoms with Gasteiger partial charge < -0.3 is 9.32 Å². The summed E-state index contributed by atoms with van der Waals surface area (Å²) in [6, 6.07) is 0. The molecule has 0 spiro atoms. The number of halogens is 1. The fourth-order valence-corrected chi connectivity index (χ4v) is 2.13. The van der Waals surface area contributed by atoms with Gasteiger partial charge in [0.05, 0.1) is 6.26 Å². The smallest absolute Gasteiger partial charge is 0.219 e. The van der Waals surface area contributed by atoms with E-state index in [0.717, 1.165) is 23.2 Å². The predicted octanol–water partition coefficient (Wildman–Crippen LogP) is 1.95. The molecule has 0 aromatic carbocycles. The zero-order chi connectivity index (χ0) is 9.42. The molecule has 1 aromatic heterocycles. The molecule has 1 aliphatic rings. The second kappa shape index (κ2) is 3.18. The number of hydrogen-bond acceptors (Lipinski definition) is 2. The second-order valence-corrected chi connectivity index (χ2v) is 3.92. The second-order valence-electron chi connectivity index (χ2n) is 3.20. The van der Waals surface area contributed by atoms with Crippen molar-refractivity contribution in [3.63, 3.8) is 0 Å². The molecule has 1 aliphatic heterocycles. The van der Waals surface area contributed by atoms with Crippen LogP contribution < -0.4 is 0 Å². The van der Waals surface area contributed by atoms with E-state index in [2.05, 4.69) is 15.9 Å². The summed E-state index contributed by atoms with van der Waals surface area (Å²) in [7, 11) is 0. The van der Waals surface area contributed by atoms with E-state index in [9.17, 15) is 4.79 Å². The van der Waals surface area contributed by atoms with Gasteiger partial charge in [0.1, 0.15) is 0 Å². The van der Waals surface area contributed by atoms with Crippen LogP contribution in [0.25, 0.3) is 0 Å². The lowest BCUT2D eigenvalue weighted by Gasteiger charge is -2.25. The predicted molar refractivity (Wildman–Crippen MR) is 51.2 cm³/mol. The molecule has 0 bridgehead atoms. The van der Waals surface area contributed by atoms with Gasteiger partial charge in [-0.15, -0.1) is 0 Å². The molecule has 0 radical (unpaired) electrons. The molecular formula is C9H10BrNO2. The highest BCUT2D eigenvalue weighted by Gasteiger charge is 2.21. The molecule has 0 atom stereocenters. The lowest BCUT2D eigenvalue weighted by atomic mass is 10.1. The van der Waals surface area contributed by atoms with Crippen LogP contribution in [0.5, 0.6) is 0 Å². The van der Waals surface area contributed by atoms with Crippen LogP contribution in [0.15, 0.2) is 15.3 Å². The lowest BCUT2D eigenvalue weighted by molar-refractivity contribution is -0.129. The summed E-state index contributed by atoms with van der Waals surface area (Å²) in [5.41, 5.74) is 2.32. The summed E-state index contributed by atoms with van der Waals surface area (Å²) in [6.45, 7) is 3.07. The standard InChI is InChI=1S/C9H10BrNO2/c1-6(12)11-3-2-8-7(4-11)5-13-9(8)10/h5H,2-4H2,1H3. The van der Waals surface area contributed by atoms with Crippen molar-refractivity contribution in [1.29, 1.82) is 0 Å². The summed E-state index contributed by atoms with van der Waals surface area (Å²) < 4.78 is 6.04. The first-order valence-corrected chi connectivity index (χ1v) is 4.98. The van der Waals surface area contributed by atoms with Crippen molar-refractivity contribution in [1.82, 2.24) is 4.90 Å². The van der Waals surface area contributed by atoms with E-state index in [1.807, 2.05) is 4.90 Å². The number of carbonyl (C=O) groups excluding carboxylic acids is 1. The first kappa shape index (κ1) is 8.81. The molecule has 0 saturated carbocycles. The van der Waals surface area contributed by atoms with Crippen molar-refractivity contribution in [3.05, 3.63) is 22.1 Å². The Labute approximate surface area is 84.8 Å². The topological polar surface area (TPSA) is 33.5 Å². The average molecular weight is 244 g/mol. The highest BCUT2D eigenvalue weighted by molar-refractivity contribution is 9.10. The summed E-state index contributed by atoms with van der Waals surface area (Å²) in [5, 5.41) is 0. The summed E-state index contributed by atoms with van der Waals surface area (Å²) in [5.74, 6) is 0.128. The fraction of sp³-hybridized carbons (Fsp3) is 0.444. The number of furan rings is 1. The molecule has 70 valence electrons. The minimum Gasteiger partial charge on any atom is -0.457 e. The molecule has 0 aliphatic carbocycles. The van der Waals surface area contributed by atoms with E-state index in [4.69, 9.17) is 4.42 Å². The third-order valence-electron chi connectivity index (χ3n) is 2.37. The van der Waals surface area contributed by atoms with Crippen LogP contribution in [0, 0.1) is 0 Å². The first-order valence-electron chi connectivity index (χ1n) is 4.18. The SMILES string of the molecule is CC(=O)N1CCc2c(coc2Br)C1. The van der Waals surface area contributed by atoms with Gasteiger partial charge in [-0.25, -0.2) is 0 Å². The van der Waals surface area contributed by atoms with Crippen molar-refractivity contribution in [2.75, 3.05) is 6.54 Å². The van der Waals surface area contributed by atoms with Gasteiger partial charge in [-0.1, -0.05) is 0 Å². The maximum Gasteiger partial charge on any atom is 0.219 e. The Bertz CT molecular complexity index is 345. The molecule has 1 amide bonds. The zero-order valence-corrected chi connectivity index (χ0v) is 8.93. The van der Waals surface area contributed by atoms with Crippen LogP contribution in [-0.4, -0.2) is 17.4 Å². The van der Waals surface area contributed by atoms with E-state index >= 15 is 0 Å². The third kappa shape index (κ3) is 1.50. The van der Waals surface area contributed by atoms with Crippen LogP contribution in [0.2, 0.25) is 0 Å². The van der Waals surface area contributed by atoms with Crippen LogP contribution in [0.4, 0.5) is 0 Å². The van der Waals surface area contributed by atoms with Crippen LogP contribution >= 0.6 is 15.9 Å². The van der Waals surface area contributed by atoms with E-state index in [-0.39, 0.29) is 5.91 Å². The van der Waals surface area contributed by atoms with E-state index in [0.29, 0.717) is 6.54 Å². The fourth-order valence-electron chi connectivity index (χ4n) is 1.58. The Kier molecular flexibility index (Phi) is 2.15. The molecule has 4 heteroatoms. The van der Waals surface area contributed by atoms with E-state index in [1.54, 1.807) is 13.2 Å². The molecule has 0 saturated heterocycles. The van der Waals surface area contributed by atoms with Crippen molar-refractivity contribution in [2.24, 2.45) is 0 Å². The Balaban J connectivity index is 2.25. The summed E-state index contributed by atoms with van der Waals surface area (Å²) in [6.07, 6.45) is 2.60. The Morgan fingerprint density at radius 1 is 1.69 bits per heavy atom. The molecule has 2 heterocycles. The zero-order valence-electron chi connectivity index (χ0n) is 7.34. The number of carbonyl (C=O) groups is 1. The number of hydrogen-bond donors (Lipinski definition) is 0. The number of fused-ring (bicyclic) bond motifs is 1. The van der Waals surface area contributed by atoms with Gasteiger partial charge in [0.2, 0.25) is 5.91 Å². The summed E-state index contributed by atoms with van der Waals surface area (Å²) >= 11 is 3.34. The molecule has 0 fully saturated rings. The lowest BCUT2D eigenvalue weighted by Crippen LogP contribution is -2.33. The molecule has 0 N–H and O–H groups in total. The van der Waals surface area contributed by atoms with Gasteiger partial charge in [0.15, 0.2) is 4.67 Å². The Hall–Kier alpha value is -0.770. The van der Waals surface area contributed by atoms with Gasteiger partial charge in [0, 0.05) is 31.1 Å². The van der Waals surface area contributed by atoms with Crippen LogP contribution in [0.1, 0.15) is 18.1 Å². The number of amides is 1. The van der Waals surface area contributed by atoms with Crippen molar-refractivity contribution < 1.29 is 9.21 Å². The maximum absolute atomic E-state index is 11.1. The monoisotopic (exact) mass is 243 g/mol. The number of rotatable bonds is 0. The van der Waals surface area contributed by atoms with E-state index in [1.165, 1.54) is 5.56 Å². The molecular weight excluding hydrogens is 234 g/mol. The molecule has 3 nitrogen and oxygen atoms in total. The van der Waals surface area contributed by atoms with Crippen LogP contribution in [-0.2, 0) is 17.8 Å². The Morgan fingerprint density at radius 2 is 2.46 bits per heavy atom. The molecule has 2 rings (SSSR count). The Morgan fingerprint density at radius 3 is 3.15 bits per heavy atom. The number of nitrogens with zero attached hydrogens (tertiary/aromatic N) is 1. The molecule has 1 aromatic rings. The third-order valence-corrected chi connectivity index (χ3v) is 3.03. The van der Waals surface area contributed by atoms with Crippen molar-refractivity contribution >= 4 is 21.8 Å². The van der Waals surface area contributed by atoms with Gasteiger partial charge in [0.25, 0.3) is 0 Å². The van der Waals surface area contributed by atoms with Gasteiger partial charge >= 0.3 is 0 Å². The average Bonchev–Trinajstić information content (AvgIpc) is 2.47. The highest BCUT2D eigenvalue weighted by Crippen LogP contribution is 2.28. The minimum absolute atomic E-state index is 0.128. The minimum atomic E-state index is 0.128. The van der Waals surface area contributed by atoms with Gasteiger partial charge in [-0.3, -0.25) is 4.79 Å². The van der Waals surface area contributed by atoms with E-state index < -0.39 is 0 Å². The normalized spacial score (nSPS) is 15.7. The van der Waals surface area contributed by atoms with Gasteiger partial charge in [-0.05, 0) is 22.4 Å². The van der Waals surface area contributed by atoms with Gasteiger partial charge in [-0.2, -0.15) is 0 Å². The highest BCUT2D eigenvalue weighted by atomic mass is 79.9. The largest absolute Gasteiger partial charge is 0.457 e.